The average molecular weight is 279 g/mol. The van der Waals surface area contributed by atoms with Crippen molar-refractivity contribution >= 4 is 5.96 Å². The predicted molar refractivity (Wildman–Crippen MR) is 81.9 cm³/mol. The molecule has 2 saturated carbocycles. The minimum Gasteiger partial charge on any atom is -0.388 e. The Morgan fingerprint density at radius 2 is 1.90 bits per heavy atom. The van der Waals surface area contributed by atoms with Crippen LogP contribution in [0.1, 0.15) is 58.3 Å². The summed E-state index contributed by atoms with van der Waals surface area (Å²) in [7, 11) is 0. The topological polar surface area (TPSA) is 47.9 Å². The minimum atomic E-state index is -0.533. The van der Waals surface area contributed by atoms with Gasteiger partial charge in [0.15, 0.2) is 5.96 Å². The molecule has 0 aromatic rings. The molecule has 0 atom stereocenters. The molecule has 0 amide bonds. The van der Waals surface area contributed by atoms with Crippen LogP contribution in [0, 0.1) is 5.41 Å². The summed E-state index contributed by atoms with van der Waals surface area (Å²) in [6, 6.07) is 0. The van der Waals surface area contributed by atoms with Crippen LogP contribution in [0.3, 0.4) is 0 Å². The third kappa shape index (κ3) is 2.80. The zero-order valence-corrected chi connectivity index (χ0v) is 12.8. The zero-order chi connectivity index (χ0) is 14.1. The standard InChI is InChI=1S/C16H29N3O/c1-2-17-14(18-12-16(20)8-3-4-9-16)19-11-10-15(13-19)6-5-7-15/h20H,2-13H2,1H3,(H,17,18). The number of nitrogens with one attached hydrogen (secondary N) is 1. The van der Waals surface area contributed by atoms with Gasteiger partial charge in [-0.15, -0.1) is 0 Å². The van der Waals surface area contributed by atoms with Crippen LogP contribution >= 0.6 is 0 Å². The Bertz CT molecular complexity index is 370. The quantitative estimate of drug-likeness (QED) is 0.614. The van der Waals surface area contributed by atoms with E-state index in [2.05, 4.69) is 17.1 Å². The highest BCUT2D eigenvalue weighted by Crippen LogP contribution is 2.47. The molecule has 3 fully saturated rings. The van der Waals surface area contributed by atoms with Crippen LogP contribution in [0.2, 0.25) is 0 Å². The highest BCUT2D eigenvalue weighted by Gasteiger charge is 2.43. The van der Waals surface area contributed by atoms with Crippen molar-refractivity contribution in [2.45, 2.75) is 63.9 Å². The third-order valence-corrected chi connectivity index (χ3v) is 5.54. The van der Waals surface area contributed by atoms with Crippen LogP contribution in [0.5, 0.6) is 0 Å². The number of aliphatic imine (C=N–C) groups is 1. The molecule has 2 aliphatic carbocycles. The fraction of sp³-hybridized carbons (Fsp3) is 0.938. The van der Waals surface area contributed by atoms with Gasteiger partial charge in [0.1, 0.15) is 0 Å². The molecule has 114 valence electrons. The second-order valence-electron chi connectivity index (χ2n) is 7.13. The van der Waals surface area contributed by atoms with Gasteiger partial charge in [0.05, 0.1) is 12.1 Å². The van der Waals surface area contributed by atoms with E-state index in [1.54, 1.807) is 0 Å². The lowest BCUT2D eigenvalue weighted by Gasteiger charge is -2.38. The van der Waals surface area contributed by atoms with Gasteiger partial charge in [-0.1, -0.05) is 19.3 Å². The smallest absolute Gasteiger partial charge is 0.194 e. The first kappa shape index (κ1) is 14.2. The first-order valence-corrected chi connectivity index (χ1v) is 8.41. The molecular weight excluding hydrogens is 250 g/mol. The molecule has 3 aliphatic rings. The van der Waals surface area contributed by atoms with E-state index in [1.165, 1.54) is 25.7 Å². The molecule has 3 rings (SSSR count). The summed E-state index contributed by atoms with van der Waals surface area (Å²) in [6.45, 7) is 5.89. The lowest BCUT2D eigenvalue weighted by Crippen LogP contribution is -2.43. The van der Waals surface area contributed by atoms with Crippen molar-refractivity contribution in [3.63, 3.8) is 0 Å². The van der Waals surface area contributed by atoms with Gasteiger partial charge in [0.25, 0.3) is 0 Å². The van der Waals surface area contributed by atoms with Gasteiger partial charge >= 0.3 is 0 Å². The van der Waals surface area contributed by atoms with Crippen LogP contribution in [0.15, 0.2) is 4.99 Å². The molecule has 0 bridgehead atoms. The number of aliphatic hydroxyl groups is 1. The molecule has 0 unspecified atom stereocenters. The molecule has 4 nitrogen and oxygen atoms in total. The fourth-order valence-electron chi connectivity index (χ4n) is 4.04. The van der Waals surface area contributed by atoms with Gasteiger partial charge < -0.3 is 15.3 Å². The molecule has 1 heterocycles. The number of hydrogen-bond donors (Lipinski definition) is 2. The molecule has 1 aliphatic heterocycles. The Hall–Kier alpha value is -0.770. The summed E-state index contributed by atoms with van der Waals surface area (Å²) in [5, 5.41) is 13.9. The Balaban J connectivity index is 1.62. The maximum Gasteiger partial charge on any atom is 0.194 e. The number of guanidine groups is 1. The van der Waals surface area contributed by atoms with Crippen LogP contribution in [0.25, 0.3) is 0 Å². The maximum absolute atomic E-state index is 10.5. The van der Waals surface area contributed by atoms with Crippen LogP contribution in [0.4, 0.5) is 0 Å². The van der Waals surface area contributed by atoms with Crippen LogP contribution in [-0.4, -0.2) is 47.7 Å². The number of likely N-dealkylation sites (tertiary alicyclic amines) is 1. The van der Waals surface area contributed by atoms with E-state index in [1.807, 2.05) is 0 Å². The van der Waals surface area contributed by atoms with Crippen molar-refractivity contribution in [1.82, 2.24) is 10.2 Å². The van der Waals surface area contributed by atoms with Crippen molar-refractivity contribution < 1.29 is 5.11 Å². The molecule has 0 radical (unpaired) electrons. The van der Waals surface area contributed by atoms with Gasteiger partial charge in [-0.2, -0.15) is 0 Å². The van der Waals surface area contributed by atoms with Crippen molar-refractivity contribution in [2.24, 2.45) is 10.4 Å². The molecule has 2 N–H and O–H groups in total. The van der Waals surface area contributed by atoms with Gasteiger partial charge in [0, 0.05) is 19.6 Å². The SMILES string of the molecule is CCNC(=NCC1(O)CCCC1)N1CCC2(CCC2)C1. The number of rotatable bonds is 3. The van der Waals surface area contributed by atoms with Crippen molar-refractivity contribution in [3.05, 3.63) is 0 Å². The zero-order valence-electron chi connectivity index (χ0n) is 12.8. The molecular formula is C16H29N3O. The Labute approximate surface area is 122 Å². The van der Waals surface area contributed by atoms with Gasteiger partial charge in [-0.3, -0.25) is 4.99 Å². The predicted octanol–water partition coefficient (Wildman–Crippen LogP) is 2.13. The third-order valence-electron chi connectivity index (χ3n) is 5.54. The highest BCUT2D eigenvalue weighted by atomic mass is 16.3. The molecule has 1 spiro atoms. The van der Waals surface area contributed by atoms with Crippen molar-refractivity contribution in [2.75, 3.05) is 26.2 Å². The number of nitrogens with zero attached hydrogens (tertiary/aromatic N) is 2. The van der Waals surface area contributed by atoms with E-state index in [9.17, 15) is 5.11 Å². The summed E-state index contributed by atoms with van der Waals surface area (Å²) in [4.78, 5) is 7.17. The van der Waals surface area contributed by atoms with E-state index in [0.717, 1.165) is 51.3 Å². The highest BCUT2D eigenvalue weighted by molar-refractivity contribution is 5.80. The largest absolute Gasteiger partial charge is 0.388 e. The summed E-state index contributed by atoms with van der Waals surface area (Å²) in [5.41, 5.74) is 0.0645. The van der Waals surface area contributed by atoms with Crippen LogP contribution in [-0.2, 0) is 0 Å². The fourth-order valence-corrected chi connectivity index (χ4v) is 4.04. The molecule has 0 aromatic heterocycles. The first-order chi connectivity index (χ1) is 9.65. The second kappa shape index (κ2) is 5.55. The lowest BCUT2D eigenvalue weighted by molar-refractivity contribution is 0.0571. The van der Waals surface area contributed by atoms with E-state index >= 15 is 0 Å². The number of hydrogen-bond acceptors (Lipinski definition) is 2. The van der Waals surface area contributed by atoms with Gasteiger partial charge in [-0.05, 0) is 44.4 Å². The van der Waals surface area contributed by atoms with Crippen molar-refractivity contribution in [3.8, 4) is 0 Å². The molecule has 20 heavy (non-hydrogen) atoms. The second-order valence-corrected chi connectivity index (χ2v) is 7.13. The van der Waals surface area contributed by atoms with Gasteiger partial charge in [-0.25, -0.2) is 0 Å². The van der Waals surface area contributed by atoms with Gasteiger partial charge in [0.2, 0.25) is 0 Å². The summed E-state index contributed by atoms with van der Waals surface area (Å²) >= 11 is 0. The monoisotopic (exact) mass is 279 g/mol. The van der Waals surface area contributed by atoms with E-state index < -0.39 is 5.60 Å². The average Bonchev–Trinajstić information content (AvgIpc) is 3.01. The Morgan fingerprint density at radius 1 is 1.15 bits per heavy atom. The van der Waals surface area contributed by atoms with E-state index in [4.69, 9.17) is 4.99 Å². The normalized spacial score (nSPS) is 27.9. The summed E-state index contributed by atoms with van der Waals surface area (Å²) in [5.74, 6) is 1.02. The van der Waals surface area contributed by atoms with E-state index in [-0.39, 0.29) is 0 Å². The molecule has 1 saturated heterocycles. The Morgan fingerprint density at radius 3 is 2.45 bits per heavy atom. The summed E-state index contributed by atoms with van der Waals surface area (Å²) in [6.07, 6.45) is 9.65. The minimum absolute atomic E-state index is 0.533. The molecule has 4 heteroatoms. The molecule has 0 aromatic carbocycles. The van der Waals surface area contributed by atoms with E-state index in [0.29, 0.717) is 12.0 Å². The van der Waals surface area contributed by atoms with Crippen LogP contribution < -0.4 is 5.32 Å². The summed E-state index contributed by atoms with van der Waals surface area (Å²) < 4.78 is 0. The maximum atomic E-state index is 10.5. The Kier molecular flexibility index (Phi) is 3.93. The lowest BCUT2D eigenvalue weighted by atomic mass is 9.68. The van der Waals surface area contributed by atoms with Crippen molar-refractivity contribution in [1.29, 1.82) is 0 Å². The first-order valence-electron chi connectivity index (χ1n) is 8.41.